The quantitative estimate of drug-likeness (QED) is 0.598. The van der Waals surface area contributed by atoms with E-state index < -0.39 is 11.9 Å². The average Bonchev–Trinajstić information content (AvgIpc) is 2.59. The summed E-state index contributed by atoms with van der Waals surface area (Å²) in [5.74, 6) is -1.00. The molecule has 1 N–H and O–H groups in total. The second-order valence-electron chi connectivity index (χ2n) is 5.30. The summed E-state index contributed by atoms with van der Waals surface area (Å²) in [6, 6.07) is 13.9. The first-order chi connectivity index (χ1) is 12.0. The number of carbonyl (C=O) groups is 2. The van der Waals surface area contributed by atoms with E-state index in [0.717, 1.165) is 11.1 Å². The molecule has 0 saturated carbocycles. The fourth-order valence-corrected chi connectivity index (χ4v) is 2.54. The molecular weight excluding hydrogens is 361 g/mol. The van der Waals surface area contributed by atoms with Gasteiger partial charge in [-0.1, -0.05) is 53.5 Å². The van der Waals surface area contributed by atoms with Crippen LogP contribution in [0.5, 0.6) is 0 Å². The van der Waals surface area contributed by atoms with E-state index in [2.05, 4.69) is 5.32 Å². The van der Waals surface area contributed by atoms with Crippen molar-refractivity contribution in [1.29, 1.82) is 0 Å². The van der Waals surface area contributed by atoms with Gasteiger partial charge in [0.05, 0.1) is 6.04 Å². The maximum absolute atomic E-state index is 11.9. The zero-order valence-corrected chi connectivity index (χ0v) is 15.1. The van der Waals surface area contributed by atoms with E-state index in [1.54, 1.807) is 43.3 Å². The van der Waals surface area contributed by atoms with Crippen LogP contribution in [0.15, 0.2) is 54.6 Å². The molecule has 0 aliphatic heterocycles. The lowest BCUT2D eigenvalue weighted by atomic mass is 10.1. The maximum Gasteiger partial charge on any atom is 0.331 e. The first-order valence-electron chi connectivity index (χ1n) is 7.60. The fraction of sp³-hybridized carbons (Fsp3) is 0.158. The summed E-state index contributed by atoms with van der Waals surface area (Å²) in [7, 11) is 0. The Morgan fingerprint density at radius 2 is 1.80 bits per heavy atom. The van der Waals surface area contributed by atoms with Crippen LogP contribution in [0.25, 0.3) is 6.08 Å². The Balaban J connectivity index is 1.80. The topological polar surface area (TPSA) is 55.4 Å². The third kappa shape index (κ3) is 6.25. The van der Waals surface area contributed by atoms with Gasteiger partial charge in [-0.15, -0.1) is 0 Å². The molecule has 4 nitrogen and oxygen atoms in total. The summed E-state index contributed by atoms with van der Waals surface area (Å²) in [5.41, 5.74) is 1.60. The first-order valence-corrected chi connectivity index (χ1v) is 8.35. The summed E-state index contributed by atoms with van der Waals surface area (Å²) < 4.78 is 4.92. The minimum Gasteiger partial charge on any atom is -0.452 e. The normalized spacial score (nSPS) is 12.0. The predicted octanol–water partition coefficient (Wildman–Crippen LogP) is 4.43. The monoisotopic (exact) mass is 377 g/mol. The van der Waals surface area contributed by atoms with Gasteiger partial charge in [0.25, 0.3) is 5.91 Å². The number of rotatable bonds is 6. The molecule has 2 aromatic carbocycles. The number of amides is 1. The molecule has 25 heavy (non-hydrogen) atoms. The second kappa shape index (κ2) is 9.25. The number of esters is 1. The number of hydrogen-bond acceptors (Lipinski definition) is 3. The van der Waals surface area contributed by atoms with Crippen molar-refractivity contribution in [1.82, 2.24) is 5.32 Å². The van der Waals surface area contributed by atoms with Crippen LogP contribution in [0.4, 0.5) is 0 Å². The number of hydrogen-bond donors (Lipinski definition) is 1. The lowest BCUT2D eigenvalue weighted by molar-refractivity contribution is -0.144. The Morgan fingerprint density at radius 1 is 1.12 bits per heavy atom. The van der Waals surface area contributed by atoms with Crippen molar-refractivity contribution in [2.45, 2.75) is 13.0 Å². The van der Waals surface area contributed by atoms with Crippen molar-refractivity contribution in [2.24, 2.45) is 0 Å². The summed E-state index contributed by atoms with van der Waals surface area (Å²) in [6.45, 7) is 1.44. The molecule has 130 valence electrons. The molecule has 0 bridgehead atoms. The predicted molar refractivity (Wildman–Crippen MR) is 99.5 cm³/mol. The van der Waals surface area contributed by atoms with Gasteiger partial charge < -0.3 is 10.1 Å². The minimum absolute atomic E-state index is 0.287. The fourth-order valence-electron chi connectivity index (χ4n) is 2.11. The van der Waals surface area contributed by atoms with Crippen molar-refractivity contribution >= 4 is 41.2 Å². The molecule has 0 fully saturated rings. The summed E-state index contributed by atoms with van der Waals surface area (Å²) in [4.78, 5) is 23.5. The highest BCUT2D eigenvalue weighted by atomic mass is 35.5. The van der Waals surface area contributed by atoms with Gasteiger partial charge in [-0.25, -0.2) is 4.79 Å². The Bertz CT molecular complexity index is 772. The van der Waals surface area contributed by atoms with Crippen molar-refractivity contribution in [2.75, 3.05) is 6.61 Å². The first kappa shape index (κ1) is 19.0. The van der Waals surface area contributed by atoms with Crippen LogP contribution >= 0.6 is 23.2 Å². The van der Waals surface area contributed by atoms with Crippen molar-refractivity contribution in [3.63, 3.8) is 0 Å². The molecule has 0 saturated heterocycles. The summed E-state index contributed by atoms with van der Waals surface area (Å²) >= 11 is 11.9. The molecule has 0 spiro atoms. The molecule has 0 aliphatic carbocycles. The van der Waals surface area contributed by atoms with E-state index in [1.807, 2.05) is 18.2 Å². The Labute approximate surface area is 156 Å². The van der Waals surface area contributed by atoms with Gasteiger partial charge >= 0.3 is 5.97 Å². The van der Waals surface area contributed by atoms with Gasteiger partial charge in [-0.3, -0.25) is 4.79 Å². The second-order valence-corrected chi connectivity index (χ2v) is 6.15. The summed E-state index contributed by atoms with van der Waals surface area (Å²) in [5, 5.41) is 3.92. The SMILES string of the molecule is C[C@@H](NC(=O)COC(=O)/C=C/c1ccc(Cl)cc1)c1ccccc1Cl. The molecule has 0 radical (unpaired) electrons. The van der Waals surface area contributed by atoms with E-state index in [4.69, 9.17) is 27.9 Å². The molecular formula is C19H17Cl2NO3. The lowest BCUT2D eigenvalue weighted by Crippen LogP contribution is -2.31. The third-order valence-corrected chi connectivity index (χ3v) is 3.97. The van der Waals surface area contributed by atoms with Crippen LogP contribution in [0.1, 0.15) is 24.1 Å². The molecule has 0 heterocycles. The van der Waals surface area contributed by atoms with Gasteiger partial charge in [0.1, 0.15) is 0 Å². The van der Waals surface area contributed by atoms with Gasteiger partial charge in [0, 0.05) is 16.1 Å². The maximum atomic E-state index is 11.9. The van der Waals surface area contributed by atoms with E-state index >= 15 is 0 Å². The third-order valence-electron chi connectivity index (χ3n) is 3.38. The zero-order chi connectivity index (χ0) is 18.2. The van der Waals surface area contributed by atoms with Crippen LogP contribution in [-0.4, -0.2) is 18.5 Å². The summed E-state index contributed by atoms with van der Waals surface area (Å²) in [6.07, 6.45) is 2.84. The van der Waals surface area contributed by atoms with E-state index in [-0.39, 0.29) is 12.6 Å². The van der Waals surface area contributed by atoms with Gasteiger partial charge in [-0.2, -0.15) is 0 Å². The number of nitrogens with one attached hydrogen (secondary N) is 1. The average molecular weight is 378 g/mol. The lowest BCUT2D eigenvalue weighted by Gasteiger charge is -2.15. The Hall–Kier alpha value is -2.30. The molecule has 6 heteroatoms. The molecule has 1 amide bonds. The number of ether oxygens (including phenoxy) is 1. The largest absolute Gasteiger partial charge is 0.452 e. The molecule has 0 unspecified atom stereocenters. The van der Waals surface area contributed by atoms with Gasteiger partial charge in [0.2, 0.25) is 0 Å². The molecule has 2 rings (SSSR count). The number of benzene rings is 2. The highest BCUT2D eigenvalue weighted by molar-refractivity contribution is 6.31. The molecule has 1 atom stereocenters. The number of halogens is 2. The van der Waals surface area contributed by atoms with Crippen LogP contribution in [0.2, 0.25) is 10.0 Å². The Morgan fingerprint density at radius 3 is 2.48 bits per heavy atom. The highest BCUT2D eigenvalue weighted by Crippen LogP contribution is 2.21. The smallest absolute Gasteiger partial charge is 0.331 e. The van der Waals surface area contributed by atoms with Crippen molar-refractivity contribution < 1.29 is 14.3 Å². The van der Waals surface area contributed by atoms with E-state index in [9.17, 15) is 9.59 Å². The zero-order valence-electron chi connectivity index (χ0n) is 13.5. The van der Waals surface area contributed by atoms with Crippen LogP contribution in [0.3, 0.4) is 0 Å². The van der Waals surface area contributed by atoms with Gasteiger partial charge in [-0.05, 0) is 42.3 Å². The molecule has 2 aromatic rings. The van der Waals surface area contributed by atoms with Crippen LogP contribution < -0.4 is 5.32 Å². The van der Waals surface area contributed by atoms with Crippen molar-refractivity contribution in [3.05, 3.63) is 75.8 Å². The van der Waals surface area contributed by atoms with Gasteiger partial charge in [0.15, 0.2) is 6.61 Å². The molecule has 0 aromatic heterocycles. The molecule has 0 aliphatic rings. The minimum atomic E-state index is -0.601. The van der Waals surface area contributed by atoms with E-state index in [0.29, 0.717) is 10.0 Å². The number of carbonyl (C=O) groups excluding carboxylic acids is 2. The standard InChI is InChI=1S/C19H17Cl2NO3/c1-13(16-4-2-3-5-17(16)21)22-18(23)12-25-19(24)11-8-14-6-9-15(20)10-7-14/h2-11,13H,12H2,1H3,(H,22,23)/b11-8+/t13-/m1/s1. The highest BCUT2D eigenvalue weighted by Gasteiger charge is 2.13. The van der Waals surface area contributed by atoms with E-state index in [1.165, 1.54) is 6.08 Å². The van der Waals surface area contributed by atoms with Crippen LogP contribution in [-0.2, 0) is 14.3 Å². The Kier molecular flexibility index (Phi) is 7.04. The van der Waals surface area contributed by atoms with Crippen molar-refractivity contribution in [3.8, 4) is 0 Å². The van der Waals surface area contributed by atoms with Crippen LogP contribution in [0, 0.1) is 0 Å².